The number of halogens is 1. The first kappa shape index (κ1) is 29.5. The van der Waals surface area contributed by atoms with Gasteiger partial charge in [0.05, 0.1) is 18.0 Å². The monoisotopic (exact) mass is 544 g/mol. The van der Waals surface area contributed by atoms with E-state index >= 15 is 0 Å². The second-order valence-electron chi connectivity index (χ2n) is 9.51. The number of rotatable bonds is 13. The number of nitrogens with zero attached hydrogens (tertiary/aromatic N) is 2. The standard InChI is InChI=1S/C29H37FN2O5S/c1-6-36-15-7-14-32(38(34,35)29-22(3)16-21(2)17-23(29)4)20-28(33)31(19-27-13-8-24(5)37-27)18-25-9-11-26(30)12-10-25/h8-13,16-17H,6-7,14-15,18-20H2,1-5H3. The fourth-order valence-electron chi connectivity index (χ4n) is 4.53. The topological polar surface area (TPSA) is 80.1 Å². The summed E-state index contributed by atoms with van der Waals surface area (Å²) in [5.41, 5.74) is 2.97. The van der Waals surface area contributed by atoms with Gasteiger partial charge in [-0.15, -0.1) is 0 Å². The van der Waals surface area contributed by atoms with E-state index in [1.165, 1.54) is 21.3 Å². The third-order valence-electron chi connectivity index (χ3n) is 6.20. The van der Waals surface area contributed by atoms with E-state index in [4.69, 9.17) is 9.15 Å². The number of furan rings is 1. The lowest BCUT2D eigenvalue weighted by atomic mass is 10.1. The zero-order valence-corrected chi connectivity index (χ0v) is 23.6. The summed E-state index contributed by atoms with van der Waals surface area (Å²) in [7, 11) is -3.98. The van der Waals surface area contributed by atoms with Crippen molar-refractivity contribution in [1.29, 1.82) is 0 Å². The number of carbonyl (C=O) groups is 1. The largest absolute Gasteiger partial charge is 0.464 e. The summed E-state index contributed by atoms with van der Waals surface area (Å²) in [5, 5.41) is 0. The Balaban J connectivity index is 1.92. The molecule has 38 heavy (non-hydrogen) atoms. The molecule has 1 amide bonds. The van der Waals surface area contributed by atoms with Crippen molar-refractivity contribution in [2.75, 3.05) is 26.3 Å². The van der Waals surface area contributed by atoms with Crippen LogP contribution in [0.1, 0.15) is 47.1 Å². The number of benzene rings is 2. The van der Waals surface area contributed by atoms with Crippen LogP contribution in [0.4, 0.5) is 4.39 Å². The van der Waals surface area contributed by atoms with Gasteiger partial charge in [0, 0.05) is 26.3 Å². The van der Waals surface area contributed by atoms with Gasteiger partial charge in [0.25, 0.3) is 0 Å². The molecule has 0 bridgehead atoms. The molecule has 0 aliphatic heterocycles. The molecule has 0 N–H and O–H groups in total. The Labute approximate surface area is 225 Å². The number of hydrogen-bond acceptors (Lipinski definition) is 5. The fraction of sp³-hybridized carbons (Fsp3) is 0.414. The minimum atomic E-state index is -3.98. The van der Waals surface area contributed by atoms with Crippen LogP contribution in [0.15, 0.2) is 57.8 Å². The summed E-state index contributed by atoms with van der Waals surface area (Å²) in [6.07, 6.45) is 0.444. The van der Waals surface area contributed by atoms with Crippen LogP contribution in [0.5, 0.6) is 0 Å². The summed E-state index contributed by atoms with van der Waals surface area (Å²) < 4.78 is 53.7. The van der Waals surface area contributed by atoms with Gasteiger partial charge in [-0.3, -0.25) is 4.79 Å². The van der Waals surface area contributed by atoms with Crippen molar-refractivity contribution in [1.82, 2.24) is 9.21 Å². The smallest absolute Gasteiger partial charge is 0.244 e. The summed E-state index contributed by atoms with van der Waals surface area (Å²) in [5.74, 6) is 0.531. The average molecular weight is 545 g/mol. The Hall–Kier alpha value is -3.01. The average Bonchev–Trinajstić information content (AvgIpc) is 3.25. The third-order valence-corrected chi connectivity index (χ3v) is 8.35. The van der Waals surface area contributed by atoms with E-state index in [0.29, 0.717) is 42.3 Å². The molecular formula is C29H37FN2O5S. The summed E-state index contributed by atoms with van der Waals surface area (Å²) >= 11 is 0. The second kappa shape index (κ2) is 13.2. The summed E-state index contributed by atoms with van der Waals surface area (Å²) in [6, 6.07) is 13.2. The second-order valence-corrected chi connectivity index (χ2v) is 11.4. The van der Waals surface area contributed by atoms with E-state index in [1.807, 2.05) is 39.0 Å². The van der Waals surface area contributed by atoms with Gasteiger partial charge in [-0.1, -0.05) is 29.8 Å². The van der Waals surface area contributed by atoms with Crippen LogP contribution in [0.2, 0.25) is 0 Å². The molecule has 7 nitrogen and oxygen atoms in total. The van der Waals surface area contributed by atoms with E-state index in [-0.39, 0.29) is 42.8 Å². The molecular weight excluding hydrogens is 507 g/mol. The molecule has 0 spiro atoms. The van der Waals surface area contributed by atoms with Gasteiger partial charge in [0.15, 0.2) is 0 Å². The summed E-state index contributed by atoms with van der Waals surface area (Å²) in [4.78, 5) is 15.5. The molecule has 0 saturated carbocycles. The number of sulfonamides is 1. The van der Waals surface area contributed by atoms with Gasteiger partial charge < -0.3 is 14.1 Å². The van der Waals surface area contributed by atoms with E-state index in [2.05, 4.69) is 0 Å². The predicted molar refractivity (Wildman–Crippen MR) is 145 cm³/mol. The molecule has 3 aromatic rings. The van der Waals surface area contributed by atoms with E-state index in [0.717, 1.165) is 11.1 Å². The Morgan fingerprint density at radius 3 is 2.21 bits per heavy atom. The van der Waals surface area contributed by atoms with Crippen molar-refractivity contribution in [2.24, 2.45) is 0 Å². The van der Waals surface area contributed by atoms with Crippen LogP contribution < -0.4 is 0 Å². The van der Waals surface area contributed by atoms with Crippen molar-refractivity contribution in [2.45, 2.75) is 59.0 Å². The molecule has 1 aromatic heterocycles. The van der Waals surface area contributed by atoms with Crippen LogP contribution in [-0.4, -0.2) is 49.8 Å². The lowest BCUT2D eigenvalue weighted by Gasteiger charge is -2.28. The number of amides is 1. The minimum absolute atomic E-state index is 0.130. The fourth-order valence-corrected chi connectivity index (χ4v) is 6.37. The molecule has 0 radical (unpaired) electrons. The van der Waals surface area contributed by atoms with Crippen molar-refractivity contribution in [3.05, 3.63) is 88.1 Å². The first-order chi connectivity index (χ1) is 18.0. The molecule has 0 unspecified atom stereocenters. The van der Waals surface area contributed by atoms with Crippen molar-refractivity contribution in [3.8, 4) is 0 Å². The Bertz CT molecular complexity index is 1310. The molecule has 9 heteroatoms. The maximum absolute atomic E-state index is 13.9. The van der Waals surface area contributed by atoms with Crippen LogP contribution in [0.3, 0.4) is 0 Å². The Morgan fingerprint density at radius 2 is 1.63 bits per heavy atom. The number of carbonyl (C=O) groups excluding carboxylic acids is 1. The number of hydrogen-bond donors (Lipinski definition) is 0. The first-order valence-corrected chi connectivity index (χ1v) is 14.2. The van der Waals surface area contributed by atoms with Gasteiger partial charge in [0.2, 0.25) is 15.9 Å². The first-order valence-electron chi connectivity index (χ1n) is 12.7. The molecule has 0 aliphatic carbocycles. The normalized spacial score (nSPS) is 11.8. The van der Waals surface area contributed by atoms with Crippen LogP contribution in [0, 0.1) is 33.5 Å². The molecule has 0 fully saturated rings. The molecule has 0 atom stereocenters. The van der Waals surface area contributed by atoms with Crippen molar-refractivity contribution in [3.63, 3.8) is 0 Å². The lowest BCUT2D eigenvalue weighted by molar-refractivity contribution is -0.133. The van der Waals surface area contributed by atoms with Crippen LogP contribution in [0.25, 0.3) is 0 Å². The zero-order valence-electron chi connectivity index (χ0n) is 22.8. The highest BCUT2D eigenvalue weighted by molar-refractivity contribution is 7.89. The molecule has 206 valence electrons. The zero-order chi connectivity index (χ0) is 27.9. The molecule has 3 rings (SSSR count). The van der Waals surface area contributed by atoms with Gasteiger partial charge in [-0.2, -0.15) is 4.31 Å². The van der Waals surface area contributed by atoms with E-state index < -0.39 is 10.0 Å². The maximum atomic E-state index is 13.9. The lowest BCUT2D eigenvalue weighted by Crippen LogP contribution is -2.43. The highest BCUT2D eigenvalue weighted by Gasteiger charge is 2.31. The van der Waals surface area contributed by atoms with Gasteiger partial charge >= 0.3 is 0 Å². The molecule has 0 aliphatic rings. The third kappa shape index (κ3) is 7.75. The van der Waals surface area contributed by atoms with Crippen LogP contribution in [-0.2, 0) is 32.6 Å². The highest BCUT2D eigenvalue weighted by atomic mass is 32.2. The highest BCUT2D eigenvalue weighted by Crippen LogP contribution is 2.26. The minimum Gasteiger partial charge on any atom is -0.464 e. The Morgan fingerprint density at radius 1 is 0.974 bits per heavy atom. The van der Waals surface area contributed by atoms with Gasteiger partial charge in [0.1, 0.15) is 17.3 Å². The van der Waals surface area contributed by atoms with Crippen molar-refractivity contribution < 1.29 is 26.8 Å². The molecule has 2 aromatic carbocycles. The summed E-state index contributed by atoms with van der Waals surface area (Å²) in [6.45, 7) is 10.2. The predicted octanol–water partition coefficient (Wildman–Crippen LogP) is 5.30. The molecule has 1 heterocycles. The number of ether oxygens (including phenoxy) is 1. The quantitative estimate of drug-likeness (QED) is 0.273. The van der Waals surface area contributed by atoms with Crippen molar-refractivity contribution >= 4 is 15.9 Å². The maximum Gasteiger partial charge on any atom is 0.244 e. The Kier molecular flexibility index (Phi) is 10.2. The molecule has 0 saturated heterocycles. The van der Waals surface area contributed by atoms with E-state index in [9.17, 15) is 17.6 Å². The van der Waals surface area contributed by atoms with Crippen LogP contribution >= 0.6 is 0 Å². The number of aryl methyl sites for hydroxylation is 4. The van der Waals surface area contributed by atoms with Gasteiger partial charge in [-0.25, -0.2) is 12.8 Å². The van der Waals surface area contributed by atoms with E-state index in [1.54, 1.807) is 32.0 Å². The van der Waals surface area contributed by atoms with Gasteiger partial charge in [-0.05, 0) is 82.0 Å². The SMILES string of the molecule is CCOCCCN(CC(=O)N(Cc1ccc(F)cc1)Cc1ccc(C)o1)S(=O)(=O)c1c(C)cc(C)cc1C.